The molecule has 1 aromatic rings. The number of nitrogens with zero attached hydrogens (tertiary/aromatic N) is 2. The molecule has 2 amide bonds. The number of amides is 2. The van der Waals surface area contributed by atoms with Crippen molar-refractivity contribution in [2.24, 2.45) is 11.8 Å². The molecular formula is C23H36N2O3. The fourth-order valence-electron chi connectivity index (χ4n) is 3.84. The molecule has 1 heterocycles. The maximum Gasteiger partial charge on any atom is 0.257 e. The zero-order valence-corrected chi connectivity index (χ0v) is 18.1. The summed E-state index contributed by atoms with van der Waals surface area (Å²) in [6.45, 7) is 10.2. The van der Waals surface area contributed by atoms with Gasteiger partial charge in [0.15, 0.2) is 0 Å². The molecule has 1 aliphatic heterocycles. The molecule has 1 aromatic carbocycles. The van der Waals surface area contributed by atoms with E-state index in [1.165, 1.54) is 0 Å². The minimum Gasteiger partial charge on any atom is -0.491 e. The Bertz CT molecular complexity index is 655. The van der Waals surface area contributed by atoms with Crippen molar-refractivity contribution in [3.8, 4) is 5.75 Å². The molecule has 0 radical (unpaired) electrons. The van der Waals surface area contributed by atoms with Crippen molar-refractivity contribution in [3.63, 3.8) is 0 Å². The number of fused-ring (bicyclic) bond motifs is 1. The first-order valence-corrected chi connectivity index (χ1v) is 10.7. The number of carbonyl (C=O) groups excluding carboxylic acids is 2. The predicted octanol–water partition coefficient (Wildman–Crippen LogP) is 4.22. The third-order valence-corrected chi connectivity index (χ3v) is 5.80. The highest BCUT2D eigenvalue weighted by molar-refractivity contribution is 5.96. The number of para-hydroxylation sites is 1. The molecule has 0 fully saturated rings. The third kappa shape index (κ3) is 5.27. The number of carbonyl (C=O) groups is 2. The van der Waals surface area contributed by atoms with Crippen LogP contribution in [0.5, 0.6) is 5.75 Å². The van der Waals surface area contributed by atoms with Crippen LogP contribution in [-0.2, 0) is 4.79 Å². The Morgan fingerprint density at radius 3 is 2.43 bits per heavy atom. The van der Waals surface area contributed by atoms with Gasteiger partial charge in [-0.05, 0) is 43.7 Å². The van der Waals surface area contributed by atoms with Crippen molar-refractivity contribution in [1.82, 2.24) is 9.80 Å². The highest BCUT2D eigenvalue weighted by Gasteiger charge is 2.31. The van der Waals surface area contributed by atoms with E-state index in [1.807, 2.05) is 36.2 Å². The summed E-state index contributed by atoms with van der Waals surface area (Å²) >= 11 is 0. The average molecular weight is 389 g/mol. The molecule has 5 nitrogen and oxygen atoms in total. The number of hydrogen-bond donors (Lipinski definition) is 0. The van der Waals surface area contributed by atoms with Crippen molar-refractivity contribution in [1.29, 1.82) is 0 Å². The maximum atomic E-state index is 13.3. The molecule has 0 N–H and O–H groups in total. The lowest BCUT2D eigenvalue weighted by Gasteiger charge is -2.37. The summed E-state index contributed by atoms with van der Waals surface area (Å²) in [5.74, 6) is 1.15. The van der Waals surface area contributed by atoms with Gasteiger partial charge in [-0.15, -0.1) is 0 Å². The van der Waals surface area contributed by atoms with E-state index in [9.17, 15) is 9.59 Å². The Balaban J connectivity index is 2.35. The van der Waals surface area contributed by atoms with E-state index in [0.717, 1.165) is 25.7 Å². The molecule has 2 rings (SSSR count). The molecule has 1 atom stereocenters. The maximum absolute atomic E-state index is 13.3. The first-order valence-electron chi connectivity index (χ1n) is 10.7. The second-order valence-electron chi connectivity index (χ2n) is 8.10. The number of ether oxygens (including phenoxy) is 1. The van der Waals surface area contributed by atoms with Crippen LogP contribution >= 0.6 is 0 Å². The van der Waals surface area contributed by atoms with Crippen LogP contribution in [0.3, 0.4) is 0 Å². The average Bonchev–Trinajstić information content (AvgIpc) is 2.68. The monoisotopic (exact) mass is 388 g/mol. The summed E-state index contributed by atoms with van der Waals surface area (Å²) < 4.78 is 6.14. The van der Waals surface area contributed by atoms with E-state index < -0.39 is 0 Å². The van der Waals surface area contributed by atoms with Crippen molar-refractivity contribution < 1.29 is 14.3 Å². The van der Waals surface area contributed by atoms with Crippen molar-refractivity contribution in [3.05, 3.63) is 29.8 Å². The molecule has 0 aromatic heterocycles. The van der Waals surface area contributed by atoms with Gasteiger partial charge >= 0.3 is 0 Å². The van der Waals surface area contributed by atoms with Crippen LogP contribution in [0.2, 0.25) is 0 Å². The Kier molecular flexibility index (Phi) is 8.34. The Hall–Kier alpha value is -2.04. The highest BCUT2D eigenvalue weighted by atomic mass is 16.5. The van der Waals surface area contributed by atoms with Crippen molar-refractivity contribution in [2.75, 3.05) is 26.7 Å². The molecule has 0 bridgehead atoms. The first-order chi connectivity index (χ1) is 13.4. The molecule has 156 valence electrons. The molecule has 0 saturated carbocycles. The number of hydrogen-bond acceptors (Lipinski definition) is 3. The van der Waals surface area contributed by atoms with E-state index in [0.29, 0.717) is 31.0 Å². The molecule has 0 unspecified atom stereocenters. The van der Waals surface area contributed by atoms with Gasteiger partial charge in [0, 0.05) is 26.1 Å². The van der Waals surface area contributed by atoms with Gasteiger partial charge < -0.3 is 14.5 Å². The SMILES string of the molecule is CCC(CC)C(=O)N1CCCCN(C)C(=O)c2ccccc2OC[C@@H]1C(C)C. The van der Waals surface area contributed by atoms with E-state index in [1.54, 1.807) is 4.90 Å². The molecule has 5 heteroatoms. The van der Waals surface area contributed by atoms with E-state index >= 15 is 0 Å². The van der Waals surface area contributed by atoms with Gasteiger partial charge in [0.25, 0.3) is 5.91 Å². The van der Waals surface area contributed by atoms with E-state index in [2.05, 4.69) is 27.7 Å². The molecule has 0 spiro atoms. The fraction of sp³-hybridized carbons (Fsp3) is 0.652. The lowest BCUT2D eigenvalue weighted by molar-refractivity contribution is -0.140. The van der Waals surface area contributed by atoms with Gasteiger partial charge in [-0.3, -0.25) is 9.59 Å². The largest absolute Gasteiger partial charge is 0.491 e. The molecule has 28 heavy (non-hydrogen) atoms. The minimum absolute atomic E-state index is 0.00610. The van der Waals surface area contributed by atoms with Gasteiger partial charge in [0.1, 0.15) is 12.4 Å². The van der Waals surface area contributed by atoms with E-state index in [4.69, 9.17) is 4.74 Å². The number of rotatable bonds is 4. The highest BCUT2D eigenvalue weighted by Crippen LogP contribution is 2.24. The summed E-state index contributed by atoms with van der Waals surface area (Å²) in [5.41, 5.74) is 0.589. The lowest BCUT2D eigenvalue weighted by atomic mass is 9.96. The summed E-state index contributed by atoms with van der Waals surface area (Å²) in [7, 11) is 1.83. The lowest BCUT2D eigenvalue weighted by Crippen LogP contribution is -2.49. The zero-order chi connectivity index (χ0) is 20.7. The van der Waals surface area contributed by atoms with Crippen LogP contribution in [0.15, 0.2) is 24.3 Å². The summed E-state index contributed by atoms with van der Waals surface area (Å²) in [6.07, 6.45) is 3.48. The van der Waals surface area contributed by atoms with E-state index in [-0.39, 0.29) is 29.7 Å². The third-order valence-electron chi connectivity index (χ3n) is 5.80. The molecule has 1 aliphatic rings. The normalized spacial score (nSPS) is 19.1. The second kappa shape index (κ2) is 10.5. The summed E-state index contributed by atoms with van der Waals surface area (Å²) in [6, 6.07) is 7.40. The van der Waals surface area contributed by atoms with Crippen LogP contribution in [0.25, 0.3) is 0 Å². The van der Waals surface area contributed by atoms with Gasteiger partial charge in [-0.1, -0.05) is 39.8 Å². The van der Waals surface area contributed by atoms with Crippen LogP contribution in [-0.4, -0.2) is 54.4 Å². The van der Waals surface area contributed by atoms with Crippen LogP contribution in [0.1, 0.15) is 63.7 Å². The van der Waals surface area contributed by atoms with Gasteiger partial charge in [-0.25, -0.2) is 0 Å². The smallest absolute Gasteiger partial charge is 0.257 e. The topological polar surface area (TPSA) is 49.9 Å². The van der Waals surface area contributed by atoms with Crippen LogP contribution in [0, 0.1) is 11.8 Å². The quantitative estimate of drug-likeness (QED) is 0.776. The van der Waals surface area contributed by atoms with Crippen molar-refractivity contribution in [2.45, 2.75) is 59.4 Å². The fourth-order valence-corrected chi connectivity index (χ4v) is 3.84. The molecular weight excluding hydrogens is 352 g/mol. The van der Waals surface area contributed by atoms with Gasteiger partial charge in [0.2, 0.25) is 5.91 Å². The Morgan fingerprint density at radius 1 is 1.14 bits per heavy atom. The standard InChI is InChI=1S/C23H36N2O3/c1-6-18(7-2)22(26)25-15-11-10-14-24(5)23(27)19-12-8-9-13-21(19)28-16-20(25)17(3)4/h8-9,12-13,17-18,20H,6-7,10-11,14-16H2,1-5H3/t20-/m1/s1. The van der Waals surface area contributed by atoms with Gasteiger partial charge in [-0.2, -0.15) is 0 Å². The second-order valence-corrected chi connectivity index (χ2v) is 8.10. The first kappa shape index (κ1) is 22.3. The molecule has 0 saturated heterocycles. The molecule has 0 aliphatic carbocycles. The Morgan fingerprint density at radius 2 is 1.79 bits per heavy atom. The zero-order valence-electron chi connectivity index (χ0n) is 18.1. The number of benzene rings is 1. The van der Waals surface area contributed by atoms with Crippen LogP contribution in [0.4, 0.5) is 0 Å². The Labute approximate surface area is 170 Å². The predicted molar refractivity (Wildman–Crippen MR) is 113 cm³/mol. The minimum atomic E-state index is -0.0118. The summed E-state index contributed by atoms with van der Waals surface area (Å²) in [4.78, 5) is 29.8. The van der Waals surface area contributed by atoms with Gasteiger partial charge in [0.05, 0.1) is 11.6 Å². The van der Waals surface area contributed by atoms with Crippen molar-refractivity contribution >= 4 is 11.8 Å². The van der Waals surface area contributed by atoms with Crippen LogP contribution < -0.4 is 4.74 Å². The summed E-state index contributed by atoms with van der Waals surface area (Å²) in [5, 5.41) is 0.